The SMILES string of the molecule is CC(C)(C)c1cc(C(=O)N2C(C(=O)O)CC3CCCCC32)no1. The number of carbonyl (C=O) groups is 2. The number of aliphatic carboxylic acids is 1. The van der Waals surface area contributed by atoms with Crippen molar-refractivity contribution < 1.29 is 19.2 Å². The number of likely N-dealkylation sites (tertiary alicyclic amines) is 1. The Morgan fingerprint density at radius 2 is 2.00 bits per heavy atom. The van der Waals surface area contributed by atoms with Crippen LogP contribution >= 0.6 is 0 Å². The Bertz CT molecular complexity index is 616. The maximum atomic E-state index is 12.9. The highest BCUT2D eigenvalue weighted by Crippen LogP contribution is 2.40. The van der Waals surface area contributed by atoms with Gasteiger partial charge in [-0.2, -0.15) is 0 Å². The van der Waals surface area contributed by atoms with Crippen LogP contribution in [0.1, 0.15) is 69.1 Å². The van der Waals surface area contributed by atoms with E-state index in [0.717, 1.165) is 25.7 Å². The van der Waals surface area contributed by atoms with E-state index in [-0.39, 0.29) is 23.1 Å². The molecule has 0 aromatic carbocycles. The zero-order valence-electron chi connectivity index (χ0n) is 13.9. The fourth-order valence-corrected chi connectivity index (χ4v) is 3.83. The van der Waals surface area contributed by atoms with E-state index in [1.54, 1.807) is 11.0 Å². The van der Waals surface area contributed by atoms with Gasteiger partial charge in [-0.15, -0.1) is 0 Å². The molecule has 6 nitrogen and oxygen atoms in total. The van der Waals surface area contributed by atoms with Crippen molar-refractivity contribution in [3.8, 4) is 0 Å². The number of hydrogen-bond acceptors (Lipinski definition) is 4. The molecular weight excluding hydrogens is 296 g/mol. The molecule has 1 aliphatic heterocycles. The zero-order chi connectivity index (χ0) is 16.8. The van der Waals surface area contributed by atoms with Gasteiger partial charge in [0.15, 0.2) is 5.69 Å². The molecule has 1 amide bonds. The second kappa shape index (κ2) is 5.65. The first-order chi connectivity index (χ1) is 10.8. The summed E-state index contributed by atoms with van der Waals surface area (Å²) in [4.78, 5) is 26.1. The standard InChI is InChI=1S/C17H24N2O4/c1-17(2,3)14-9-11(18-23-14)15(20)19-12-7-5-4-6-10(12)8-13(19)16(21)22/h9-10,12-13H,4-8H2,1-3H3,(H,21,22). The molecule has 1 aromatic rings. The molecule has 1 aliphatic carbocycles. The van der Waals surface area contributed by atoms with Gasteiger partial charge in [-0.25, -0.2) is 4.79 Å². The van der Waals surface area contributed by atoms with Crippen LogP contribution in [0.4, 0.5) is 0 Å². The van der Waals surface area contributed by atoms with Crippen molar-refractivity contribution in [2.45, 2.75) is 70.4 Å². The van der Waals surface area contributed by atoms with Gasteiger partial charge in [-0.3, -0.25) is 4.79 Å². The van der Waals surface area contributed by atoms with Crippen molar-refractivity contribution in [3.63, 3.8) is 0 Å². The number of carboxylic acid groups (broad SMARTS) is 1. The molecule has 2 fully saturated rings. The quantitative estimate of drug-likeness (QED) is 0.906. The van der Waals surface area contributed by atoms with E-state index >= 15 is 0 Å². The summed E-state index contributed by atoms with van der Waals surface area (Å²) in [6, 6.07) is 0.926. The van der Waals surface area contributed by atoms with Crippen LogP contribution < -0.4 is 0 Å². The molecule has 1 saturated heterocycles. The molecule has 23 heavy (non-hydrogen) atoms. The smallest absolute Gasteiger partial charge is 0.326 e. The largest absolute Gasteiger partial charge is 0.480 e. The van der Waals surface area contributed by atoms with Crippen LogP contribution in [-0.4, -0.2) is 39.1 Å². The molecule has 3 unspecified atom stereocenters. The van der Waals surface area contributed by atoms with Gasteiger partial charge in [0, 0.05) is 17.5 Å². The molecule has 0 bridgehead atoms. The first-order valence-electron chi connectivity index (χ1n) is 8.31. The van der Waals surface area contributed by atoms with E-state index in [1.807, 2.05) is 20.8 Å². The third kappa shape index (κ3) is 2.86. The molecule has 3 atom stereocenters. The first-order valence-corrected chi connectivity index (χ1v) is 8.31. The molecule has 126 valence electrons. The molecule has 1 saturated carbocycles. The minimum atomic E-state index is -0.924. The number of nitrogens with zero attached hydrogens (tertiary/aromatic N) is 2. The molecule has 0 radical (unpaired) electrons. The highest BCUT2D eigenvalue weighted by atomic mass is 16.5. The van der Waals surface area contributed by atoms with Crippen LogP contribution in [0.15, 0.2) is 10.6 Å². The molecule has 1 aromatic heterocycles. The highest BCUT2D eigenvalue weighted by molar-refractivity contribution is 5.95. The number of aromatic nitrogens is 1. The van der Waals surface area contributed by atoms with E-state index in [0.29, 0.717) is 18.1 Å². The minimum Gasteiger partial charge on any atom is -0.480 e. The van der Waals surface area contributed by atoms with Crippen LogP contribution in [0.3, 0.4) is 0 Å². The van der Waals surface area contributed by atoms with E-state index in [1.165, 1.54) is 0 Å². The van der Waals surface area contributed by atoms with Crippen LogP contribution in [0.2, 0.25) is 0 Å². The summed E-state index contributed by atoms with van der Waals surface area (Å²) in [6.45, 7) is 5.94. The Hall–Kier alpha value is -1.85. The first kappa shape index (κ1) is 16.0. The minimum absolute atomic E-state index is 0.0205. The Morgan fingerprint density at radius 3 is 2.61 bits per heavy atom. The molecular formula is C17H24N2O4. The molecule has 6 heteroatoms. The fourth-order valence-electron chi connectivity index (χ4n) is 3.83. The third-order valence-corrected chi connectivity index (χ3v) is 5.08. The van der Waals surface area contributed by atoms with Crippen molar-refractivity contribution in [3.05, 3.63) is 17.5 Å². The van der Waals surface area contributed by atoms with Gasteiger partial charge in [-0.05, 0) is 25.2 Å². The van der Waals surface area contributed by atoms with Gasteiger partial charge >= 0.3 is 5.97 Å². The van der Waals surface area contributed by atoms with Gasteiger partial charge in [0.05, 0.1) is 0 Å². The number of hydrogen-bond donors (Lipinski definition) is 1. The lowest BCUT2D eigenvalue weighted by Gasteiger charge is -2.32. The van der Waals surface area contributed by atoms with Crippen LogP contribution in [0.25, 0.3) is 0 Å². The maximum Gasteiger partial charge on any atom is 0.326 e. The van der Waals surface area contributed by atoms with E-state index in [4.69, 9.17) is 4.52 Å². The Kier molecular flexibility index (Phi) is 3.94. The monoisotopic (exact) mass is 320 g/mol. The summed E-state index contributed by atoms with van der Waals surface area (Å²) in [7, 11) is 0. The summed E-state index contributed by atoms with van der Waals surface area (Å²) in [5.41, 5.74) is -0.0248. The lowest BCUT2D eigenvalue weighted by Crippen LogP contribution is -2.46. The van der Waals surface area contributed by atoms with E-state index in [9.17, 15) is 14.7 Å². The zero-order valence-corrected chi connectivity index (χ0v) is 13.9. The van der Waals surface area contributed by atoms with E-state index < -0.39 is 12.0 Å². The van der Waals surface area contributed by atoms with Gasteiger partial charge < -0.3 is 14.5 Å². The predicted octanol–water partition coefficient (Wildman–Crippen LogP) is 2.83. The Morgan fingerprint density at radius 1 is 1.30 bits per heavy atom. The number of carbonyl (C=O) groups excluding carboxylic acids is 1. The third-order valence-electron chi connectivity index (χ3n) is 5.08. The second-order valence-corrected chi connectivity index (χ2v) is 7.74. The number of carboxylic acids is 1. The predicted molar refractivity (Wildman–Crippen MR) is 83.2 cm³/mol. The number of fused-ring (bicyclic) bond motifs is 1. The number of rotatable bonds is 2. The van der Waals surface area contributed by atoms with Crippen molar-refractivity contribution >= 4 is 11.9 Å². The maximum absolute atomic E-state index is 12.9. The fraction of sp³-hybridized carbons (Fsp3) is 0.706. The van der Waals surface area contributed by atoms with Crippen molar-refractivity contribution in [2.24, 2.45) is 5.92 Å². The second-order valence-electron chi connectivity index (χ2n) is 7.74. The van der Waals surface area contributed by atoms with Gasteiger partial charge in [0.2, 0.25) is 0 Å². The molecule has 3 rings (SSSR count). The number of amides is 1. The van der Waals surface area contributed by atoms with Gasteiger partial charge in [0.1, 0.15) is 11.8 Å². The topological polar surface area (TPSA) is 83.6 Å². The molecule has 2 aliphatic rings. The molecule has 1 N–H and O–H groups in total. The summed E-state index contributed by atoms with van der Waals surface area (Å²) in [6.07, 6.45) is 4.60. The summed E-state index contributed by atoms with van der Waals surface area (Å²) < 4.78 is 5.30. The molecule has 2 heterocycles. The normalized spacial score (nSPS) is 27.8. The summed E-state index contributed by atoms with van der Waals surface area (Å²) in [5, 5.41) is 13.4. The van der Waals surface area contributed by atoms with Crippen LogP contribution in [0, 0.1) is 5.92 Å². The van der Waals surface area contributed by atoms with Crippen LogP contribution in [0.5, 0.6) is 0 Å². The average Bonchev–Trinajstić information content (AvgIpc) is 3.11. The lowest BCUT2D eigenvalue weighted by atomic mass is 9.84. The molecule has 0 spiro atoms. The van der Waals surface area contributed by atoms with Crippen molar-refractivity contribution in [2.75, 3.05) is 0 Å². The van der Waals surface area contributed by atoms with Gasteiger partial charge in [0.25, 0.3) is 5.91 Å². The summed E-state index contributed by atoms with van der Waals surface area (Å²) >= 11 is 0. The average molecular weight is 320 g/mol. The van der Waals surface area contributed by atoms with Crippen LogP contribution in [-0.2, 0) is 10.2 Å². The van der Waals surface area contributed by atoms with Crippen molar-refractivity contribution in [1.29, 1.82) is 0 Å². The highest BCUT2D eigenvalue weighted by Gasteiger charge is 2.48. The Labute approximate surface area is 135 Å². The van der Waals surface area contributed by atoms with Crippen molar-refractivity contribution in [1.82, 2.24) is 10.1 Å². The summed E-state index contributed by atoms with van der Waals surface area (Å²) in [5.74, 6) is -0.312. The van der Waals surface area contributed by atoms with Gasteiger partial charge in [-0.1, -0.05) is 38.8 Å². The van der Waals surface area contributed by atoms with E-state index in [2.05, 4.69) is 5.16 Å². The Balaban J connectivity index is 1.89. The lowest BCUT2D eigenvalue weighted by molar-refractivity contribution is -0.141.